The number of fused-ring (bicyclic) bond motifs is 3. The Morgan fingerprint density at radius 2 is 1.28 bits per heavy atom. The average molecular weight is 680 g/mol. The minimum Gasteiger partial charge on any atom is -0.492 e. The molecule has 1 amide bonds. The van der Waals surface area contributed by atoms with E-state index in [0.717, 1.165) is 17.2 Å². The summed E-state index contributed by atoms with van der Waals surface area (Å²) in [6.07, 6.45) is 0.573. The van der Waals surface area contributed by atoms with Crippen LogP contribution in [0.25, 0.3) is 11.1 Å². The van der Waals surface area contributed by atoms with Gasteiger partial charge in [-0.05, 0) is 91.9 Å². The molecule has 0 unspecified atom stereocenters. The third kappa shape index (κ3) is 6.96. The molecule has 0 saturated carbocycles. The van der Waals surface area contributed by atoms with Crippen LogP contribution in [-0.2, 0) is 31.5 Å². The van der Waals surface area contributed by atoms with Gasteiger partial charge in [0.25, 0.3) is 0 Å². The predicted octanol–water partition coefficient (Wildman–Crippen LogP) is 5.01. The van der Waals surface area contributed by atoms with E-state index in [2.05, 4.69) is 5.32 Å². The number of carbonyl (C=O) groups excluding carboxylic acids is 1. The van der Waals surface area contributed by atoms with Crippen molar-refractivity contribution < 1.29 is 39.5 Å². The quantitative estimate of drug-likeness (QED) is 0.239. The molecule has 1 atom stereocenters. The summed E-state index contributed by atoms with van der Waals surface area (Å²) in [6, 6.07) is 16.9. The molecule has 5 rings (SSSR count). The van der Waals surface area contributed by atoms with Gasteiger partial charge in [-0.15, -0.1) is 0 Å². The highest BCUT2D eigenvalue weighted by Gasteiger charge is 2.32. The third-order valence-corrected chi connectivity index (χ3v) is 10.2. The molecule has 1 aliphatic rings. The summed E-state index contributed by atoms with van der Waals surface area (Å²) in [5.74, 6) is -0.884. The number of rotatable bonds is 9. The lowest BCUT2D eigenvalue weighted by Crippen LogP contribution is -2.26. The van der Waals surface area contributed by atoms with E-state index < -0.39 is 37.5 Å². The maximum absolute atomic E-state index is 13.3. The maximum Gasteiger partial charge on any atom is 0.339 e. The fourth-order valence-corrected chi connectivity index (χ4v) is 7.27. The first kappa shape index (κ1) is 33.5. The lowest BCUT2D eigenvalue weighted by atomic mass is 9.95. The first-order valence-corrected chi connectivity index (χ1v) is 17.3. The smallest absolute Gasteiger partial charge is 0.339 e. The zero-order valence-electron chi connectivity index (χ0n) is 26.3. The number of amides is 1. The molecule has 0 fully saturated rings. The van der Waals surface area contributed by atoms with Crippen LogP contribution in [0.15, 0.2) is 87.4 Å². The van der Waals surface area contributed by atoms with Crippen molar-refractivity contribution in [3.8, 4) is 34.1 Å². The molecule has 4 aromatic carbocycles. The van der Waals surface area contributed by atoms with Crippen molar-refractivity contribution in [3.63, 3.8) is 0 Å². The van der Waals surface area contributed by atoms with Gasteiger partial charge in [0, 0.05) is 12.5 Å². The molecule has 0 bridgehead atoms. The lowest BCUT2D eigenvalue weighted by Gasteiger charge is -2.20. The fourth-order valence-electron chi connectivity index (χ4n) is 5.41. The Bertz CT molecular complexity index is 2130. The molecule has 1 N–H and O–H groups in total. The van der Waals surface area contributed by atoms with Crippen molar-refractivity contribution >= 4 is 26.1 Å². The Hall–Kier alpha value is -4.88. The number of hydrogen-bond donors (Lipinski definition) is 1. The zero-order chi connectivity index (χ0) is 34.1. The molecule has 47 heavy (non-hydrogen) atoms. The van der Waals surface area contributed by atoms with E-state index >= 15 is 0 Å². The molecule has 1 aliphatic carbocycles. The Labute approximate surface area is 273 Å². The Morgan fingerprint density at radius 1 is 0.745 bits per heavy atom. The Morgan fingerprint density at radius 3 is 1.79 bits per heavy atom. The van der Waals surface area contributed by atoms with Crippen molar-refractivity contribution in [2.45, 2.75) is 49.4 Å². The number of carbonyl (C=O) groups is 1. The summed E-state index contributed by atoms with van der Waals surface area (Å²) >= 11 is 0. The number of hydrogen-bond acceptors (Lipinski definition) is 10. The minimum atomic E-state index is -4.40. The van der Waals surface area contributed by atoms with E-state index in [1.165, 1.54) is 63.6 Å². The van der Waals surface area contributed by atoms with E-state index in [4.69, 9.17) is 17.8 Å². The first-order chi connectivity index (χ1) is 22.2. The van der Waals surface area contributed by atoms with Gasteiger partial charge in [0.05, 0.1) is 20.3 Å². The number of aryl methyl sites for hydroxylation is 3. The number of benzene rings is 3. The van der Waals surface area contributed by atoms with Gasteiger partial charge >= 0.3 is 20.2 Å². The van der Waals surface area contributed by atoms with Crippen LogP contribution in [0, 0.1) is 13.8 Å². The van der Waals surface area contributed by atoms with Gasteiger partial charge in [-0.1, -0.05) is 35.4 Å². The fraction of sp³-hybridized carbons (Fsp3) is 0.235. The van der Waals surface area contributed by atoms with Crippen molar-refractivity contribution in [2.24, 2.45) is 0 Å². The summed E-state index contributed by atoms with van der Waals surface area (Å²) in [4.78, 5) is 25.4. The van der Waals surface area contributed by atoms with E-state index in [-0.39, 0.29) is 39.4 Å². The van der Waals surface area contributed by atoms with Gasteiger partial charge in [-0.2, -0.15) is 16.8 Å². The van der Waals surface area contributed by atoms with Crippen LogP contribution in [0.2, 0.25) is 0 Å². The van der Waals surface area contributed by atoms with Crippen LogP contribution in [0.1, 0.15) is 41.6 Å². The number of nitrogens with one attached hydrogen (secondary N) is 1. The standard InChI is InChI=1S/C34H33NO10S2/c1-20-6-11-24(12-7-20)46(38,39)44-30-19-27-26(15-17-29(30)37)32-23(10-16-28(27)35-22(3)36)18-31(33(42-4)34(32)43-5)45-47(40,41)25-13-8-21(2)9-14-25/h6-9,11-15,17-19,28H,10,16H2,1-5H3,(H,35,36)/t28-/m0/s1. The number of ether oxygens (including phenoxy) is 2. The summed E-state index contributed by atoms with van der Waals surface area (Å²) in [5, 5.41) is 2.87. The van der Waals surface area contributed by atoms with Crippen molar-refractivity contribution in [1.29, 1.82) is 0 Å². The van der Waals surface area contributed by atoms with Gasteiger partial charge in [-0.3, -0.25) is 9.59 Å². The summed E-state index contributed by atoms with van der Waals surface area (Å²) in [6.45, 7) is 4.97. The van der Waals surface area contributed by atoms with Crippen LogP contribution in [-0.4, -0.2) is 37.0 Å². The van der Waals surface area contributed by atoms with Crippen LogP contribution >= 0.6 is 0 Å². The first-order valence-electron chi connectivity index (χ1n) is 14.5. The molecule has 0 heterocycles. The SMILES string of the molecule is COc1c(OS(=O)(=O)c2ccc(C)cc2)cc2c(c1OC)-c1ccc(=O)c(OS(=O)(=O)c3ccc(C)cc3)cc1[C@@H](NC(C)=O)CC2. The van der Waals surface area contributed by atoms with E-state index in [9.17, 15) is 26.4 Å². The summed E-state index contributed by atoms with van der Waals surface area (Å²) in [5.41, 5.74) is 2.76. The second kappa shape index (κ2) is 13.1. The van der Waals surface area contributed by atoms with Gasteiger partial charge in [-0.25, -0.2) is 0 Å². The van der Waals surface area contributed by atoms with Crippen LogP contribution in [0.5, 0.6) is 23.0 Å². The van der Waals surface area contributed by atoms with Gasteiger partial charge in [0.1, 0.15) is 9.79 Å². The normalized spacial score (nSPS) is 14.2. The molecule has 0 radical (unpaired) electrons. The van der Waals surface area contributed by atoms with Gasteiger partial charge in [0.2, 0.25) is 17.1 Å². The number of methoxy groups -OCH3 is 2. The summed E-state index contributed by atoms with van der Waals surface area (Å²) < 4.78 is 75.3. The minimum absolute atomic E-state index is 0.0295. The predicted molar refractivity (Wildman–Crippen MR) is 174 cm³/mol. The van der Waals surface area contributed by atoms with E-state index in [1.807, 2.05) is 6.92 Å². The Kier molecular flexibility index (Phi) is 9.32. The maximum atomic E-state index is 13.3. The molecule has 13 heteroatoms. The highest BCUT2D eigenvalue weighted by atomic mass is 32.2. The molecule has 4 aromatic rings. The topological polar surface area (TPSA) is 151 Å². The molecular formula is C34H33NO10S2. The molecule has 0 spiro atoms. The third-order valence-electron chi connectivity index (χ3n) is 7.68. The molecule has 246 valence electrons. The Balaban J connectivity index is 1.70. The highest BCUT2D eigenvalue weighted by Crippen LogP contribution is 2.51. The van der Waals surface area contributed by atoms with E-state index in [1.54, 1.807) is 31.2 Å². The van der Waals surface area contributed by atoms with Gasteiger partial charge in [0.15, 0.2) is 17.2 Å². The van der Waals surface area contributed by atoms with E-state index in [0.29, 0.717) is 28.7 Å². The second-order valence-corrected chi connectivity index (χ2v) is 14.1. The summed E-state index contributed by atoms with van der Waals surface area (Å²) in [7, 11) is -5.98. The van der Waals surface area contributed by atoms with Crippen LogP contribution < -0.4 is 28.6 Å². The van der Waals surface area contributed by atoms with Crippen LogP contribution in [0.3, 0.4) is 0 Å². The van der Waals surface area contributed by atoms with Crippen molar-refractivity contribution in [3.05, 3.63) is 105 Å². The molecular weight excluding hydrogens is 647 g/mol. The molecule has 11 nitrogen and oxygen atoms in total. The lowest BCUT2D eigenvalue weighted by molar-refractivity contribution is -0.119. The average Bonchev–Trinajstić information content (AvgIpc) is 3.25. The highest BCUT2D eigenvalue weighted by molar-refractivity contribution is 7.87. The molecule has 0 saturated heterocycles. The van der Waals surface area contributed by atoms with Crippen molar-refractivity contribution in [2.75, 3.05) is 14.2 Å². The molecule has 0 aromatic heterocycles. The molecule has 0 aliphatic heterocycles. The monoisotopic (exact) mass is 679 g/mol. The largest absolute Gasteiger partial charge is 0.492 e. The zero-order valence-corrected chi connectivity index (χ0v) is 28.0. The van der Waals surface area contributed by atoms with Gasteiger partial charge < -0.3 is 23.2 Å². The van der Waals surface area contributed by atoms with Crippen molar-refractivity contribution in [1.82, 2.24) is 5.32 Å². The second-order valence-electron chi connectivity index (χ2n) is 11.0. The van der Waals surface area contributed by atoms with Crippen LogP contribution in [0.4, 0.5) is 0 Å².